The van der Waals surface area contributed by atoms with E-state index in [1.165, 1.54) is 18.2 Å². The van der Waals surface area contributed by atoms with Crippen molar-refractivity contribution in [1.82, 2.24) is 0 Å². The van der Waals surface area contributed by atoms with E-state index in [4.69, 9.17) is 21.1 Å². The normalized spacial score (nSPS) is 14.9. The van der Waals surface area contributed by atoms with Gasteiger partial charge >= 0.3 is 5.97 Å². The Morgan fingerprint density at radius 2 is 2.12 bits per heavy atom. The summed E-state index contributed by atoms with van der Waals surface area (Å²) in [4.78, 5) is 26.6. The Balaban J connectivity index is 1.96. The third-order valence-corrected chi connectivity index (χ3v) is 3.81. The van der Waals surface area contributed by atoms with Gasteiger partial charge in [-0.05, 0) is 36.8 Å². The molecule has 0 fully saturated rings. The highest BCUT2D eigenvalue weighted by molar-refractivity contribution is 6.34. The number of carbonyl (C=O) groups excluding carboxylic acids is 1. The van der Waals surface area contributed by atoms with E-state index in [2.05, 4.69) is 4.99 Å². The fraction of sp³-hybridized carbons (Fsp3) is 0.111. The molecule has 2 aromatic carbocycles. The minimum atomic E-state index is -0.663. The molecule has 132 valence electrons. The summed E-state index contributed by atoms with van der Waals surface area (Å²) in [5.41, 5.74) is 0.778. The highest BCUT2D eigenvalue weighted by atomic mass is 35.5. The standard InChI is InChI=1S/C18H13ClN2O5/c1-2-25-13-5-3-4-11(8-13)9-16-18(22)26-17(20-16)14-10-12(21(23)24)6-7-15(14)19/h3-10H,2H2,1H3/b16-9+. The van der Waals surface area contributed by atoms with Gasteiger partial charge in [-0.15, -0.1) is 0 Å². The summed E-state index contributed by atoms with van der Waals surface area (Å²) >= 11 is 6.06. The van der Waals surface area contributed by atoms with E-state index in [9.17, 15) is 14.9 Å². The zero-order chi connectivity index (χ0) is 18.7. The lowest BCUT2D eigenvalue weighted by atomic mass is 10.2. The van der Waals surface area contributed by atoms with Gasteiger partial charge in [0.05, 0.1) is 22.1 Å². The molecule has 3 rings (SSSR count). The van der Waals surface area contributed by atoms with Crippen LogP contribution in [0.15, 0.2) is 53.2 Å². The molecule has 0 aromatic heterocycles. The Bertz CT molecular complexity index is 952. The molecule has 0 aliphatic carbocycles. The number of cyclic esters (lactones) is 1. The molecule has 0 bridgehead atoms. The van der Waals surface area contributed by atoms with Gasteiger partial charge in [-0.1, -0.05) is 23.7 Å². The van der Waals surface area contributed by atoms with E-state index in [0.29, 0.717) is 17.9 Å². The molecule has 0 atom stereocenters. The quantitative estimate of drug-likeness (QED) is 0.342. The molecule has 0 unspecified atom stereocenters. The summed E-state index contributed by atoms with van der Waals surface area (Å²) in [5.74, 6) is -0.0700. The summed E-state index contributed by atoms with van der Waals surface area (Å²) in [6, 6.07) is 11.0. The summed E-state index contributed by atoms with van der Waals surface area (Å²) in [7, 11) is 0. The third kappa shape index (κ3) is 3.73. The topological polar surface area (TPSA) is 91.0 Å². The zero-order valence-electron chi connectivity index (χ0n) is 13.6. The van der Waals surface area contributed by atoms with Gasteiger partial charge in [-0.25, -0.2) is 9.79 Å². The number of halogens is 1. The second-order valence-corrected chi connectivity index (χ2v) is 5.67. The monoisotopic (exact) mass is 372 g/mol. The Morgan fingerprint density at radius 1 is 1.31 bits per heavy atom. The first-order valence-electron chi connectivity index (χ1n) is 7.67. The van der Waals surface area contributed by atoms with Crippen molar-refractivity contribution >= 4 is 35.2 Å². The van der Waals surface area contributed by atoms with E-state index in [-0.39, 0.29) is 27.9 Å². The number of nitro groups is 1. The lowest BCUT2D eigenvalue weighted by molar-refractivity contribution is -0.384. The van der Waals surface area contributed by atoms with Crippen LogP contribution in [0.3, 0.4) is 0 Å². The van der Waals surface area contributed by atoms with Crippen molar-refractivity contribution in [3.05, 3.63) is 74.4 Å². The molecule has 0 radical (unpaired) electrons. The van der Waals surface area contributed by atoms with Crippen LogP contribution in [0.5, 0.6) is 5.75 Å². The highest BCUT2D eigenvalue weighted by Gasteiger charge is 2.27. The molecule has 8 heteroatoms. The molecule has 1 aliphatic heterocycles. The zero-order valence-corrected chi connectivity index (χ0v) is 14.4. The van der Waals surface area contributed by atoms with Crippen LogP contribution < -0.4 is 4.74 Å². The molecule has 26 heavy (non-hydrogen) atoms. The number of nitrogens with zero attached hydrogens (tertiary/aromatic N) is 2. The Labute approximate surface area is 153 Å². The smallest absolute Gasteiger partial charge is 0.363 e. The van der Waals surface area contributed by atoms with Gasteiger partial charge < -0.3 is 9.47 Å². The first-order valence-corrected chi connectivity index (χ1v) is 8.05. The van der Waals surface area contributed by atoms with Crippen molar-refractivity contribution in [3.8, 4) is 5.75 Å². The minimum absolute atomic E-state index is 0.0659. The number of aliphatic imine (C=N–C) groups is 1. The molecule has 0 N–H and O–H groups in total. The molecule has 7 nitrogen and oxygen atoms in total. The average Bonchev–Trinajstić information content (AvgIpc) is 2.96. The molecule has 2 aromatic rings. The first kappa shape index (κ1) is 17.6. The van der Waals surface area contributed by atoms with E-state index in [1.807, 2.05) is 6.92 Å². The summed E-state index contributed by atoms with van der Waals surface area (Å²) in [5, 5.41) is 11.1. The molecule has 0 saturated heterocycles. The Morgan fingerprint density at radius 3 is 2.85 bits per heavy atom. The van der Waals surface area contributed by atoms with Crippen molar-refractivity contribution in [2.45, 2.75) is 6.92 Å². The summed E-state index contributed by atoms with van der Waals surface area (Å²) < 4.78 is 10.5. The number of hydrogen-bond acceptors (Lipinski definition) is 6. The number of ether oxygens (including phenoxy) is 2. The largest absolute Gasteiger partial charge is 0.494 e. The second-order valence-electron chi connectivity index (χ2n) is 5.26. The molecular weight excluding hydrogens is 360 g/mol. The van der Waals surface area contributed by atoms with Crippen molar-refractivity contribution in [3.63, 3.8) is 0 Å². The van der Waals surface area contributed by atoms with Crippen molar-refractivity contribution in [2.75, 3.05) is 6.61 Å². The molecule has 0 spiro atoms. The van der Waals surface area contributed by atoms with Crippen molar-refractivity contribution < 1.29 is 19.2 Å². The number of benzene rings is 2. The average molecular weight is 373 g/mol. The number of hydrogen-bond donors (Lipinski definition) is 0. The van der Waals surface area contributed by atoms with Gasteiger partial charge in [0.1, 0.15) is 5.75 Å². The number of nitro benzene ring substituents is 1. The number of non-ortho nitro benzene ring substituents is 1. The van der Waals surface area contributed by atoms with Gasteiger partial charge in [0, 0.05) is 12.1 Å². The summed E-state index contributed by atoms with van der Waals surface area (Å²) in [6.07, 6.45) is 1.54. The fourth-order valence-corrected chi connectivity index (χ4v) is 2.53. The van der Waals surface area contributed by atoms with Gasteiger partial charge in [0.15, 0.2) is 5.70 Å². The molecule has 0 amide bonds. The maximum Gasteiger partial charge on any atom is 0.363 e. The van der Waals surface area contributed by atoms with Gasteiger partial charge in [0.25, 0.3) is 5.69 Å². The maximum absolute atomic E-state index is 12.1. The predicted molar refractivity (Wildman–Crippen MR) is 96.3 cm³/mol. The maximum atomic E-state index is 12.1. The van der Waals surface area contributed by atoms with Crippen LogP contribution in [-0.2, 0) is 9.53 Å². The lowest BCUT2D eigenvalue weighted by Crippen LogP contribution is -2.06. The van der Waals surface area contributed by atoms with Crippen LogP contribution in [-0.4, -0.2) is 23.4 Å². The van der Waals surface area contributed by atoms with Crippen LogP contribution in [0.25, 0.3) is 6.08 Å². The van der Waals surface area contributed by atoms with Crippen LogP contribution in [0.1, 0.15) is 18.1 Å². The SMILES string of the molecule is CCOc1cccc(/C=C2/N=C(c3cc([N+](=O)[O-])ccc3Cl)OC2=O)c1. The van der Waals surface area contributed by atoms with E-state index in [1.54, 1.807) is 30.3 Å². The molecule has 1 aliphatic rings. The van der Waals surface area contributed by atoms with Crippen LogP contribution >= 0.6 is 11.6 Å². The number of carbonyl (C=O) groups is 1. The van der Waals surface area contributed by atoms with Crippen molar-refractivity contribution in [2.24, 2.45) is 4.99 Å². The minimum Gasteiger partial charge on any atom is -0.494 e. The second kappa shape index (κ2) is 7.37. The third-order valence-electron chi connectivity index (χ3n) is 3.48. The number of rotatable bonds is 5. The Hall–Kier alpha value is -3.19. The highest BCUT2D eigenvalue weighted by Crippen LogP contribution is 2.27. The van der Waals surface area contributed by atoms with Crippen LogP contribution in [0.2, 0.25) is 5.02 Å². The van der Waals surface area contributed by atoms with Crippen LogP contribution in [0.4, 0.5) is 5.69 Å². The van der Waals surface area contributed by atoms with Gasteiger partial charge in [0.2, 0.25) is 5.90 Å². The van der Waals surface area contributed by atoms with Crippen molar-refractivity contribution in [1.29, 1.82) is 0 Å². The lowest BCUT2D eigenvalue weighted by Gasteiger charge is -2.03. The van der Waals surface area contributed by atoms with E-state index < -0.39 is 10.9 Å². The predicted octanol–water partition coefficient (Wildman–Crippen LogP) is 3.99. The number of esters is 1. The van der Waals surface area contributed by atoms with Crippen LogP contribution in [0, 0.1) is 10.1 Å². The first-order chi connectivity index (χ1) is 12.5. The van der Waals surface area contributed by atoms with E-state index in [0.717, 1.165) is 0 Å². The Kier molecular flexibility index (Phi) is 4.99. The summed E-state index contributed by atoms with van der Waals surface area (Å²) in [6.45, 7) is 2.40. The van der Waals surface area contributed by atoms with Gasteiger partial charge in [-0.2, -0.15) is 0 Å². The van der Waals surface area contributed by atoms with Gasteiger partial charge in [-0.3, -0.25) is 10.1 Å². The molecular formula is C18H13ClN2O5. The molecule has 0 saturated carbocycles. The molecule has 1 heterocycles. The fourth-order valence-electron chi connectivity index (χ4n) is 2.33. The van der Waals surface area contributed by atoms with E-state index >= 15 is 0 Å².